The zero-order valence-electron chi connectivity index (χ0n) is 22.1. The zero-order valence-corrected chi connectivity index (χ0v) is 22.1. The molecular formula is C28H36N2O8. The van der Waals surface area contributed by atoms with E-state index in [1.54, 1.807) is 14.2 Å². The lowest BCUT2D eigenvalue weighted by Gasteiger charge is -2.51. The largest absolute Gasteiger partial charge is 0.460 e. The fourth-order valence-corrected chi connectivity index (χ4v) is 6.70. The van der Waals surface area contributed by atoms with Gasteiger partial charge in [0.15, 0.2) is 11.6 Å². The molecule has 1 aromatic rings. The Hall–Kier alpha value is -2.66. The number of fused-ring (bicyclic) bond motifs is 6. The van der Waals surface area contributed by atoms with Gasteiger partial charge in [-0.1, -0.05) is 0 Å². The number of ketones is 2. The first kappa shape index (κ1) is 26.9. The molecule has 0 aromatic heterocycles. The number of carbonyl (C=O) groups excluding carboxylic acids is 4. The molecule has 2 atom stereocenters. The maximum absolute atomic E-state index is 13.1. The SMILES string of the molecule is COC[C@@]1(COC(=O)c2ccc(C(=O)OC[C@]3(COC)C(=O)C4CCN3CC4)cc2)C(=O)C2CCN1CC2. The van der Waals surface area contributed by atoms with Crippen LogP contribution in [-0.2, 0) is 28.5 Å². The lowest BCUT2D eigenvalue weighted by atomic mass is 9.74. The van der Waals surface area contributed by atoms with E-state index in [9.17, 15) is 19.2 Å². The number of methoxy groups -OCH3 is 2. The number of esters is 2. The van der Waals surface area contributed by atoms with Crippen molar-refractivity contribution in [1.29, 1.82) is 0 Å². The van der Waals surface area contributed by atoms with Crippen molar-refractivity contribution in [2.75, 3.05) is 66.8 Å². The highest BCUT2D eigenvalue weighted by molar-refractivity contribution is 5.96. The van der Waals surface area contributed by atoms with Gasteiger partial charge in [0.1, 0.15) is 24.3 Å². The maximum atomic E-state index is 13.1. The number of hydrogen-bond acceptors (Lipinski definition) is 10. The third kappa shape index (κ3) is 4.57. The molecule has 0 radical (unpaired) electrons. The number of hydrogen-bond donors (Lipinski definition) is 0. The van der Waals surface area contributed by atoms with Crippen LogP contribution in [0.25, 0.3) is 0 Å². The molecule has 10 nitrogen and oxygen atoms in total. The van der Waals surface area contributed by atoms with E-state index in [0.29, 0.717) is 0 Å². The smallest absolute Gasteiger partial charge is 0.338 e. The van der Waals surface area contributed by atoms with Gasteiger partial charge in [0.25, 0.3) is 0 Å². The number of benzene rings is 1. The number of carbonyl (C=O) groups is 4. The highest BCUT2D eigenvalue weighted by Gasteiger charge is 2.55. The second kappa shape index (κ2) is 10.8. The van der Waals surface area contributed by atoms with Crippen molar-refractivity contribution in [3.05, 3.63) is 35.4 Å². The molecule has 0 aliphatic carbocycles. The van der Waals surface area contributed by atoms with Gasteiger partial charge in [-0.25, -0.2) is 9.59 Å². The van der Waals surface area contributed by atoms with Gasteiger partial charge in [-0.05, 0) is 49.9 Å². The first-order valence-electron chi connectivity index (χ1n) is 13.4. The Balaban J connectivity index is 1.20. The first-order chi connectivity index (χ1) is 18.3. The molecule has 6 heterocycles. The predicted octanol–water partition coefficient (Wildman–Crippen LogP) is 1.36. The Kier molecular flexibility index (Phi) is 7.68. The Bertz CT molecular complexity index is 990. The fourth-order valence-electron chi connectivity index (χ4n) is 6.70. The minimum absolute atomic E-state index is 0.0157. The van der Waals surface area contributed by atoms with Crippen molar-refractivity contribution in [2.45, 2.75) is 36.8 Å². The van der Waals surface area contributed by atoms with E-state index in [2.05, 4.69) is 9.80 Å². The van der Waals surface area contributed by atoms with Crippen LogP contribution in [0.4, 0.5) is 0 Å². The van der Waals surface area contributed by atoms with Gasteiger partial charge in [0.05, 0.1) is 24.3 Å². The third-order valence-corrected chi connectivity index (χ3v) is 8.87. The van der Waals surface area contributed by atoms with Crippen LogP contribution in [-0.4, -0.2) is 111 Å². The molecule has 0 N–H and O–H groups in total. The minimum Gasteiger partial charge on any atom is -0.460 e. The summed E-state index contributed by atoms with van der Waals surface area (Å²) in [6.07, 6.45) is 3.31. The van der Waals surface area contributed by atoms with E-state index in [1.165, 1.54) is 24.3 Å². The van der Waals surface area contributed by atoms with Crippen molar-refractivity contribution in [2.24, 2.45) is 11.8 Å². The molecule has 0 amide bonds. The number of piperidine rings is 6. The van der Waals surface area contributed by atoms with Crippen molar-refractivity contribution < 1.29 is 38.1 Å². The molecule has 0 saturated carbocycles. The fraction of sp³-hybridized carbons (Fsp3) is 0.643. The van der Waals surface area contributed by atoms with Crippen LogP contribution >= 0.6 is 0 Å². The van der Waals surface area contributed by atoms with Gasteiger partial charge in [-0.2, -0.15) is 0 Å². The van der Waals surface area contributed by atoms with Gasteiger partial charge in [0.2, 0.25) is 0 Å². The molecule has 6 aliphatic heterocycles. The average molecular weight is 529 g/mol. The third-order valence-electron chi connectivity index (χ3n) is 8.87. The summed E-state index contributed by atoms with van der Waals surface area (Å²) in [5.74, 6) is -1.03. The van der Waals surface area contributed by atoms with Crippen molar-refractivity contribution in [3.8, 4) is 0 Å². The van der Waals surface area contributed by atoms with Crippen LogP contribution in [0.2, 0.25) is 0 Å². The number of ether oxygens (including phenoxy) is 4. The molecule has 6 fully saturated rings. The molecule has 0 unspecified atom stereocenters. The van der Waals surface area contributed by atoms with E-state index in [-0.39, 0.29) is 61.0 Å². The summed E-state index contributed by atoms with van der Waals surface area (Å²) in [5, 5.41) is 0. The Morgan fingerprint density at radius 3 is 1.32 bits per heavy atom. The quantitative estimate of drug-likeness (QED) is 0.413. The van der Waals surface area contributed by atoms with Crippen LogP contribution in [0.1, 0.15) is 46.4 Å². The highest BCUT2D eigenvalue weighted by atomic mass is 16.5. The Morgan fingerprint density at radius 2 is 1.03 bits per heavy atom. The molecule has 6 aliphatic rings. The number of rotatable bonds is 10. The summed E-state index contributed by atoms with van der Waals surface area (Å²) >= 11 is 0. The molecule has 38 heavy (non-hydrogen) atoms. The summed E-state index contributed by atoms with van der Waals surface area (Å²) in [5.41, 5.74) is -1.36. The van der Waals surface area contributed by atoms with E-state index in [0.717, 1.165) is 51.9 Å². The second-order valence-corrected chi connectivity index (χ2v) is 10.9. The summed E-state index contributed by atoms with van der Waals surface area (Å²) in [4.78, 5) is 55.9. The normalized spacial score (nSPS) is 33.8. The number of nitrogens with zero attached hydrogens (tertiary/aromatic N) is 2. The lowest BCUT2D eigenvalue weighted by Crippen LogP contribution is -2.69. The lowest BCUT2D eigenvalue weighted by molar-refractivity contribution is -0.159. The average Bonchev–Trinajstić information content (AvgIpc) is 2.96. The molecule has 206 valence electrons. The van der Waals surface area contributed by atoms with Gasteiger partial charge >= 0.3 is 11.9 Å². The molecular weight excluding hydrogens is 492 g/mol. The van der Waals surface area contributed by atoms with E-state index < -0.39 is 23.0 Å². The van der Waals surface area contributed by atoms with E-state index >= 15 is 0 Å². The van der Waals surface area contributed by atoms with Crippen LogP contribution in [0, 0.1) is 11.8 Å². The predicted molar refractivity (Wildman–Crippen MR) is 135 cm³/mol. The van der Waals surface area contributed by atoms with Gasteiger partial charge < -0.3 is 18.9 Å². The van der Waals surface area contributed by atoms with E-state index in [4.69, 9.17) is 18.9 Å². The topological polar surface area (TPSA) is 112 Å². The monoisotopic (exact) mass is 528 g/mol. The van der Waals surface area contributed by atoms with Crippen LogP contribution in [0.15, 0.2) is 24.3 Å². The number of Topliss-reactive ketones (excluding diaryl/α,β-unsaturated/α-hetero) is 2. The van der Waals surface area contributed by atoms with E-state index in [1.807, 2.05) is 0 Å². The Labute approximate surface area is 222 Å². The summed E-state index contributed by atoms with van der Waals surface area (Å²) in [7, 11) is 3.09. The minimum atomic E-state index is -0.945. The van der Waals surface area contributed by atoms with Crippen LogP contribution in [0.3, 0.4) is 0 Å². The molecule has 10 heteroatoms. The molecule has 6 saturated heterocycles. The summed E-state index contributed by atoms with van der Waals surface area (Å²) < 4.78 is 21.9. The molecule has 7 rings (SSSR count). The standard InChI is InChI=1S/C28H36N2O8/c1-35-15-27(23(31)19-7-11-29(27)12-8-19)17-37-25(33)21-3-5-22(6-4-21)26(34)38-18-28(16-36-2)24(32)20-9-13-30(28)14-10-20/h3-6,19-20H,7-18H2,1-2H3/t27-,28-/m1/s1. The molecule has 1 aromatic carbocycles. The second-order valence-electron chi connectivity index (χ2n) is 10.9. The van der Waals surface area contributed by atoms with Crippen LogP contribution in [0.5, 0.6) is 0 Å². The highest BCUT2D eigenvalue weighted by Crippen LogP contribution is 2.38. The summed E-state index contributed by atoms with van der Waals surface area (Å²) in [6, 6.07) is 6.00. The van der Waals surface area contributed by atoms with Gasteiger partial charge in [-0.15, -0.1) is 0 Å². The van der Waals surface area contributed by atoms with Crippen molar-refractivity contribution in [3.63, 3.8) is 0 Å². The van der Waals surface area contributed by atoms with Gasteiger partial charge in [0, 0.05) is 52.2 Å². The Morgan fingerprint density at radius 1 is 0.684 bits per heavy atom. The first-order valence-corrected chi connectivity index (χ1v) is 13.4. The molecule has 0 spiro atoms. The summed E-state index contributed by atoms with van der Waals surface area (Å²) in [6.45, 7) is 3.32. The van der Waals surface area contributed by atoms with Crippen molar-refractivity contribution in [1.82, 2.24) is 9.80 Å². The molecule has 4 bridgehead atoms. The maximum Gasteiger partial charge on any atom is 0.338 e. The zero-order chi connectivity index (χ0) is 26.9. The van der Waals surface area contributed by atoms with Gasteiger partial charge in [-0.3, -0.25) is 19.4 Å². The van der Waals surface area contributed by atoms with Crippen molar-refractivity contribution >= 4 is 23.5 Å². The van der Waals surface area contributed by atoms with Crippen LogP contribution < -0.4 is 0 Å².